The Bertz CT molecular complexity index is 58.7. The fourth-order valence-electron chi connectivity index (χ4n) is 0. The first kappa shape index (κ1) is 4.14. The Morgan fingerprint density at radius 3 is 2.20 bits per heavy atom. The highest BCUT2D eigenvalue weighted by molar-refractivity contribution is 4.22. The Hall–Kier alpha value is -0.860. The molecule has 0 fully saturated rings. The van der Waals surface area contributed by atoms with Crippen LogP contribution in [0.25, 0.3) is 0 Å². The summed E-state index contributed by atoms with van der Waals surface area (Å²) in [4.78, 5) is 8.09. The van der Waals surface area contributed by atoms with Crippen molar-refractivity contribution in [1.82, 2.24) is 0 Å². The lowest BCUT2D eigenvalue weighted by molar-refractivity contribution is -0.419. The minimum atomic E-state index is -0.847. The van der Waals surface area contributed by atoms with E-state index in [2.05, 4.69) is 6.58 Å². The van der Waals surface area contributed by atoms with Crippen molar-refractivity contribution in [3.63, 3.8) is 0 Å². The fourth-order valence-corrected chi connectivity index (χ4v) is 0. The van der Waals surface area contributed by atoms with Gasteiger partial charge in [0.05, 0.1) is 4.92 Å². The van der Waals surface area contributed by atoms with Crippen molar-refractivity contribution in [1.29, 1.82) is 0 Å². The molecule has 0 aromatic heterocycles. The molecule has 3 nitrogen and oxygen atoms in total. The molecule has 0 saturated carbocycles. The van der Waals surface area contributed by atoms with Crippen molar-refractivity contribution in [3.05, 3.63) is 22.9 Å². The molecule has 0 N–H and O–H groups in total. The van der Waals surface area contributed by atoms with Crippen LogP contribution in [0.2, 0.25) is 0 Å². The SMILES string of the molecule is [CH]=[C][N+](=O)[O-]. The van der Waals surface area contributed by atoms with Crippen LogP contribution in [0.5, 0.6) is 0 Å². The Labute approximate surface area is 29.1 Å². The second-order valence-corrected chi connectivity index (χ2v) is 0.386. The molecule has 0 aliphatic rings. The molecule has 0 heterocycles. The third-order valence-electron chi connectivity index (χ3n) is 0.105. The first-order valence-electron chi connectivity index (χ1n) is 0.877. The van der Waals surface area contributed by atoms with E-state index in [4.69, 9.17) is 10.1 Å². The van der Waals surface area contributed by atoms with Gasteiger partial charge in [0, 0.05) is 6.58 Å². The zero-order valence-electron chi connectivity index (χ0n) is 2.34. The van der Waals surface area contributed by atoms with E-state index in [0.29, 0.717) is 0 Å². The number of nitro groups is 1. The van der Waals surface area contributed by atoms with Crippen LogP contribution in [0.4, 0.5) is 0 Å². The summed E-state index contributed by atoms with van der Waals surface area (Å²) in [7, 11) is 0. The second-order valence-electron chi connectivity index (χ2n) is 0.386. The number of hydrogen-bond acceptors (Lipinski definition) is 2. The van der Waals surface area contributed by atoms with Gasteiger partial charge in [-0.1, -0.05) is 0 Å². The molecule has 3 heteroatoms. The first-order valence-corrected chi connectivity index (χ1v) is 0.877. The maximum Gasteiger partial charge on any atom is 0.346 e. The fraction of sp³-hybridized carbons (Fsp3) is 0. The van der Waals surface area contributed by atoms with Gasteiger partial charge < -0.3 is 0 Å². The predicted molar refractivity (Wildman–Crippen MR) is 14.5 cm³/mol. The minimum Gasteiger partial charge on any atom is -0.258 e. The van der Waals surface area contributed by atoms with Gasteiger partial charge in [0.2, 0.25) is 0 Å². The van der Waals surface area contributed by atoms with Crippen molar-refractivity contribution < 1.29 is 4.92 Å². The van der Waals surface area contributed by atoms with Gasteiger partial charge in [-0.05, 0) is 0 Å². The van der Waals surface area contributed by atoms with Crippen molar-refractivity contribution in [2.24, 2.45) is 0 Å². The van der Waals surface area contributed by atoms with Crippen LogP contribution in [0.1, 0.15) is 0 Å². The maximum atomic E-state index is 8.94. The van der Waals surface area contributed by atoms with E-state index in [1.54, 1.807) is 0 Å². The molecule has 5 heavy (non-hydrogen) atoms. The molecular formula is C2HNO2. The molecule has 26 valence electrons. The van der Waals surface area contributed by atoms with Crippen molar-refractivity contribution in [3.8, 4) is 0 Å². The largest absolute Gasteiger partial charge is 0.346 e. The highest BCUT2D eigenvalue weighted by Crippen LogP contribution is 1.55. The van der Waals surface area contributed by atoms with Gasteiger partial charge in [-0.15, -0.1) is 0 Å². The molecule has 0 unspecified atom stereocenters. The molecule has 0 aliphatic heterocycles. The average molecular weight is 71.0 g/mol. The van der Waals surface area contributed by atoms with E-state index in [1.807, 2.05) is 0 Å². The van der Waals surface area contributed by atoms with Crippen molar-refractivity contribution in [2.45, 2.75) is 0 Å². The zero-order valence-corrected chi connectivity index (χ0v) is 2.34. The van der Waals surface area contributed by atoms with E-state index in [1.165, 1.54) is 6.20 Å². The van der Waals surface area contributed by atoms with Crippen LogP contribution >= 0.6 is 0 Å². The molecule has 0 aromatic carbocycles. The van der Waals surface area contributed by atoms with Gasteiger partial charge in [-0.25, -0.2) is 0 Å². The van der Waals surface area contributed by atoms with Gasteiger partial charge in [-0.3, -0.25) is 10.1 Å². The number of rotatable bonds is 1. The van der Waals surface area contributed by atoms with Gasteiger partial charge in [-0.2, -0.15) is 0 Å². The standard InChI is InChI=1S/C2HNO2/c1-2-3(4)5/h1H. The predicted octanol–water partition coefficient (Wildman–Crippen LogP) is 0.0130. The third-order valence-corrected chi connectivity index (χ3v) is 0.105. The summed E-state index contributed by atoms with van der Waals surface area (Å²) in [5.41, 5.74) is 0. The van der Waals surface area contributed by atoms with Crippen molar-refractivity contribution in [2.75, 3.05) is 0 Å². The highest BCUT2D eigenvalue weighted by Gasteiger charge is 1.74. The Balaban J connectivity index is 3.20. The molecule has 0 aliphatic carbocycles. The van der Waals surface area contributed by atoms with Gasteiger partial charge in [0.15, 0.2) is 0 Å². The van der Waals surface area contributed by atoms with E-state index in [-0.39, 0.29) is 0 Å². The molecule has 0 spiro atoms. The second kappa shape index (κ2) is 1.46. The van der Waals surface area contributed by atoms with Gasteiger partial charge in [0.1, 0.15) is 0 Å². The molecule has 0 bridgehead atoms. The first-order chi connectivity index (χ1) is 2.27. The zero-order chi connectivity index (χ0) is 4.28. The smallest absolute Gasteiger partial charge is 0.258 e. The Kier molecular flexibility index (Phi) is 1.21. The van der Waals surface area contributed by atoms with E-state index in [0.717, 1.165) is 0 Å². The lowest BCUT2D eigenvalue weighted by atomic mass is 11.1. The van der Waals surface area contributed by atoms with Crippen LogP contribution < -0.4 is 0 Å². The minimum absolute atomic E-state index is 0.847. The van der Waals surface area contributed by atoms with E-state index < -0.39 is 4.92 Å². The van der Waals surface area contributed by atoms with Crippen LogP contribution in [0, 0.1) is 22.9 Å². The molecule has 2 radical (unpaired) electrons. The summed E-state index contributed by atoms with van der Waals surface area (Å²) in [5.74, 6) is 0. The molecule has 0 aromatic rings. The molecule has 0 saturated heterocycles. The van der Waals surface area contributed by atoms with Crippen LogP contribution in [0.15, 0.2) is 0 Å². The van der Waals surface area contributed by atoms with Gasteiger partial charge >= 0.3 is 6.20 Å². The van der Waals surface area contributed by atoms with E-state index >= 15 is 0 Å². The Morgan fingerprint density at radius 2 is 2.20 bits per heavy atom. The average Bonchev–Trinajstić information content (AvgIpc) is 1.38. The summed E-state index contributed by atoms with van der Waals surface area (Å²) in [6.45, 7) is 4.22. The quantitative estimate of drug-likeness (QED) is 0.248. The number of hydrogen-bond donors (Lipinski definition) is 0. The lowest BCUT2D eigenvalue weighted by Gasteiger charge is -1.62. The summed E-state index contributed by atoms with van der Waals surface area (Å²) < 4.78 is 0. The van der Waals surface area contributed by atoms with Crippen molar-refractivity contribution >= 4 is 0 Å². The molecule has 0 amide bonds. The molecular weight excluding hydrogens is 70.0 g/mol. The maximum absolute atomic E-state index is 8.94. The molecule has 0 atom stereocenters. The lowest BCUT2D eigenvalue weighted by Crippen LogP contribution is -1.79. The molecule has 0 rings (SSSR count). The van der Waals surface area contributed by atoms with E-state index in [9.17, 15) is 0 Å². The Morgan fingerprint density at radius 1 is 2.00 bits per heavy atom. The van der Waals surface area contributed by atoms with Crippen LogP contribution in [-0.2, 0) is 0 Å². The normalized spacial score (nSPS) is 6.40. The monoisotopic (exact) mass is 71.0 g/mol. The summed E-state index contributed by atoms with van der Waals surface area (Å²) in [6, 6.07) is 0. The highest BCUT2D eigenvalue weighted by atomic mass is 16.6. The summed E-state index contributed by atoms with van der Waals surface area (Å²) in [5, 5.41) is 8.94. The summed E-state index contributed by atoms with van der Waals surface area (Å²) >= 11 is 0. The summed E-state index contributed by atoms with van der Waals surface area (Å²) in [6.07, 6.45) is 1.25. The number of nitrogens with zero attached hydrogens (tertiary/aromatic N) is 1. The van der Waals surface area contributed by atoms with Crippen LogP contribution in [0.3, 0.4) is 0 Å². The topological polar surface area (TPSA) is 43.1 Å². The third kappa shape index (κ3) is 3.14. The van der Waals surface area contributed by atoms with Crippen LogP contribution in [-0.4, -0.2) is 4.92 Å². The van der Waals surface area contributed by atoms with Gasteiger partial charge in [0.25, 0.3) is 0 Å².